The molecule has 0 bridgehead atoms. The lowest BCUT2D eigenvalue weighted by Crippen LogP contribution is -2.06. The molecular formula is C11H17N5S. The van der Waals surface area contributed by atoms with Crippen molar-refractivity contribution in [2.75, 3.05) is 11.9 Å². The molecule has 0 aliphatic carbocycles. The molecule has 0 amide bonds. The summed E-state index contributed by atoms with van der Waals surface area (Å²) in [7, 11) is 0. The van der Waals surface area contributed by atoms with Gasteiger partial charge < -0.3 is 9.88 Å². The van der Waals surface area contributed by atoms with Gasteiger partial charge in [0.2, 0.25) is 0 Å². The molecule has 92 valence electrons. The lowest BCUT2D eigenvalue weighted by Gasteiger charge is -2.05. The topological polar surface area (TPSA) is 55.6 Å². The second kappa shape index (κ2) is 5.77. The fourth-order valence-electron chi connectivity index (χ4n) is 1.73. The second-order valence-corrected chi connectivity index (χ2v) is 4.33. The summed E-state index contributed by atoms with van der Waals surface area (Å²) in [5, 5.41) is 3.22. The molecule has 2 heterocycles. The van der Waals surface area contributed by atoms with E-state index in [0.29, 0.717) is 0 Å². The number of aromatic nitrogens is 4. The molecule has 0 aromatic carbocycles. The van der Waals surface area contributed by atoms with Crippen LogP contribution in [0.4, 0.5) is 5.82 Å². The minimum Gasteiger partial charge on any atom is -0.368 e. The van der Waals surface area contributed by atoms with E-state index in [1.165, 1.54) is 11.7 Å². The molecular weight excluding hydrogens is 234 g/mol. The molecule has 0 fully saturated rings. The fourth-order valence-corrected chi connectivity index (χ4v) is 2.27. The zero-order valence-corrected chi connectivity index (χ0v) is 11.0. The van der Waals surface area contributed by atoms with E-state index >= 15 is 0 Å². The summed E-state index contributed by atoms with van der Waals surface area (Å²) in [4.78, 5) is 4.38. The number of hydrogen-bond donors (Lipinski definition) is 1. The second-order valence-electron chi connectivity index (χ2n) is 3.80. The number of anilines is 1. The van der Waals surface area contributed by atoms with E-state index < -0.39 is 0 Å². The SMILES string of the molecule is CCCn1ccnc1Cc1nsnc1NCC. The van der Waals surface area contributed by atoms with Gasteiger partial charge in [0.05, 0.1) is 18.1 Å². The minimum absolute atomic E-state index is 0.742. The summed E-state index contributed by atoms with van der Waals surface area (Å²) >= 11 is 1.25. The van der Waals surface area contributed by atoms with Gasteiger partial charge in [-0.2, -0.15) is 8.75 Å². The molecule has 0 aliphatic heterocycles. The molecule has 0 saturated carbocycles. The van der Waals surface area contributed by atoms with Gasteiger partial charge in [-0.15, -0.1) is 0 Å². The highest BCUT2D eigenvalue weighted by Crippen LogP contribution is 2.16. The van der Waals surface area contributed by atoms with Gasteiger partial charge in [-0.1, -0.05) is 6.92 Å². The van der Waals surface area contributed by atoms with Crippen LogP contribution in [0.25, 0.3) is 0 Å². The summed E-state index contributed by atoms with van der Waals surface area (Å²) in [5.74, 6) is 1.95. The van der Waals surface area contributed by atoms with Crippen LogP contribution in [0, 0.1) is 0 Å². The highest BCUT2D eigenvalue weighted by Gasteiger charge is 2.11. The molecule has 2 rings (SSSR count). The third-order valence-corrected chi connectivity index (χ3v) is 3.06. The van der Waals surface area contributed by atoms with Gasteiger partial charge in [-0.05, 0) is 13.3 Å². The first-order chi connectivity index (χ1) is 8.35. The van der Waals surface area contributed by atoms with Crippen LogP contribution in [0.5, 0.6) is 0 Å². The average Bonchev–Trinajstić information content (AvgIpc) is 2.92. The third kappa shape index (κ3) is 2.82. The number of hydrogen-bond acceptors (Lipinski definition) is 5. The minimum atomic E-state index is 0.742. The molecule has 1 N–H and O–H groups in total. The first kappa shape index (κ1) is 12.0. The van der Waals surface area contributed by atoms with E-state index in [0.717, 1.165) is 43.3 Å². The van der Waals surface area contributed by atoms with Crippen molar-refractivity contribution in [1.82, 2.24) is 18.3 Å². The number of aryl methyl sites for hydroxylation is 1. The van der Waals surface area contributed by atoms with Gasteiger partial charge in [-0.3, -0.25) is 0 Å². The van der Waals surface area contributed by atoms with E-state index in [1.807, 2.05) is 12.4 Å². The Hall–Kier alpha value is -1.43. The highest BCUT2D eigenvalue weighted by atomic mass is 32.1. The van der Waals surface area contributed by atoms with Gasteiger partial charge in [0.1, 0.15) is 11.5 Å². The Morgan fingerprint density at radius 3 is 3.00 bits per heavy atom. The van der Waals surface area contributed by atoms with Crippen molar-refractivity contribution in [3.8, 4) is 0 Å². The van der Waals surface area contributed by atoms with Crippen molar-refractivity contribution in [2.24, 2.45) is 0 Å². The molecule has 0 saturated heterocycles. The van der Waals surface area contributed by atoms with Crippen molar-refractivity contribution in [3.63, 3.8) is 0 Å². The van der Waals surface area contributed by atoms with Crippen LogP contribution >= 0.6 is 11.7 Å². The van der Waals surface area contributed by atoms with Crippen molar-refractivity contribution in [2.45, 2.75) is 33.2 Å². The number of nitrogens with one attached hydrogen (secondary N) is 1. The lowest BCUT2D eigenvalue weighted by atomic mass is 10.3. The molecule has 0 unspecified atom stereocenters. The van der Waals surface area contributed by atoms with Crippen molar-refractivity contribution in [1.29, 1.82) is 0 Å². The molecule has 5 nitrogen and oxygen atoms in total. The molecule has 17 heavy (non-hydrogen) atoms. The Balaban J connectivity index is 2.13. The van der Waals surface area contributed by atoms with Gasteiger partial charge in [0, 0.05) is 25.5 Å². The van der Waals surface area contributed by atoms with Crippen LogP contribution in [0.2, 0.25) is 0 Å². The van der Waals surface area contributed by atoms with E-state index in [9.17, 15) is 0 Å². The maximum absolute atomic E-state index is 4.38. The zero-order valence-electron chi connectivity index (χ0n) is 10.2. The molecule has 2 aromatic heterocycles. The number of rotatable bonds is 6. The first-order valence-electron chi connectivity index (χ1n) is 5.90. The predicted octanol–water partition coefficient (Wildman–Crippen LogP) is 2.17. The third-order valence-electron chi connectivity index (χ3n) is 2.49. The Bertz CT molecular complexity index is 420. The van der Waals surface area contributed by atoms with Crippen LogP contribution in [0.1, 0.15) is 31.8 Å². The maximum Gasteiger partial charge on any atom is 0.163 e. The van der Waals surface area contributed by atoms with E-state index in [-0.39, 0.29) is 0 Å². The van der Waals surface area contributed by atoms with Gasteiger partial charge in [-0.25, -0.2) is 4.98 Å². The summed E-state index contributed by atoms with van der Waals surface area (Å²) in [5.41, 5.74) is 0.986. The lowest BCUT2D eigenvalue weighted by molar-refractivity contribution is 0.645. The van der Waals surface area contributed by atoms with Crippen LogP contribution in [0.3, 0.4) is 0 Å². The van der Waals surface area contributed by atoms with E-state index in [1.54, 1.807) is 0 Å². The molecule has 6 heteroatoms. The van der Waals surface area contributed by atoms with Crippen LogP contribution in [-0.4, -0.2) is 24.8 Å². The Morgan fingerprint density at radius 2 is 2.24 bits per heavy atom. The van der Waals surface area contributed by atoms with Crippen LogP contribution < -0.4 is 5.32 Å². The normalized spacial score (nSPS) is 10.7. The standard InChI is InChI=1S/C11H17N5S/c1-3-6-16-7-5-13-10(16)8-9-11(12-4-2)15-17-14-9/h5,7H,3-4,6,8H2,1-2H3,(H,12,15). The van der Waals surface area contributed by atoms with E-state index in [2.05, 4.69) is 37.5 Å². The van der Waals surface area contributed by atoms with Gasteiger partial charge in [0.25, 0.3) is 0 Å². The Morgan fingerprint density at radius 1 is 1.35 bits per heavy atom. The summed E-state index contributed by atoms with van der Waals surface area (Å²) < 4.78 is 10.7. The Labute approximate surface area is 105 Å². The fraction of sp³-hybridized carbons (Fsp3) is 0.545. The van der Waals surface area contributed by atoms with Crippen LogP contribution in [0.15, 0.2) is 12.4 Å². The largest absolute Gasteiger partial charge is 0.368 e. The Kier molecular flexibility index (Phi) is 4.08. The number of imidazole rings is 1. The molecule has 0 radical (unpaired) electrons. The van der Waals surface area contributed by atoms with Gasteiger partial charge >= 0.3 is 0 Å². The van der Waals surface area contributed by atoms with Gasteiger partial charge in [0.15, 0.2) is 5.82 Å². The van der Waals surface area contributed by atoms with E-state index in [4.69, 9.17) is 0 Å². The molecule has 0 aliphatic rings. The molecule has 2 aromatic rings. The first-order valence-corrected chi connectivity index (χ1v) is 6.63. The van der Waals surface area contributed by atoms with Crippen molar-refractivity contribution in [3.05, 3.63) is 23.9 Å². The summed E-state index contributed by atoms with van der Waals surface area (Å²) in [6.07, 6.45) is 5.72. The molecule has 0 spiro atoms. The molecule has 0 atom stereocenters. The van der Waals surface area contributed by atoms with Crippen LogP contribution in [-0.2, 0) is 13.0 Å². The monoisotopic (exact) mass is 251 g/mol. The highest BCUT2D eigenvalue weighted by molar-refractivity contribution is 6.99. The average molecular weight is 251 g/mol. The summed E-state index contributed by atoms with van der Waals surface area (Å²) in [6, 6.07) is 0. The zero-order chi connectivity index (χ0) is 12.1. The predicted molar refractivity (Wildman–Crippen MR) is 69.4 cm³/mol. The smallest absolute Gasteiger partial charge is 0.163 e. The summed E-state index contributed by atoms with van der Waals surface area (Å²) in [6.45, 7) is 6.09. The maximum atomic E-state index is 4.38. The van der Waals surface area contributed by atoms with Crippen molar-refractivity contribution >= 4 is 17.5 Å². The number of nitrogens with zero attached hydrogens (tertiary/aromatic N) is 4. The van der Waals surface area contributed by atoms with Crippen molar-refractivity contribution < 1.29 is 0 Å². The quantitative estimate of drug-likeness (QED) is 0.855.